The molecule has 0 saturated carbocycles. The highest BCUT2D eigenvalue weighted by Gasteiger charge is 2.53. The number of halogens is 4. The summed E-state index contributed by atoms with van der Waals surface area (Å²) in [6, 6.07) is 5.87. The summed E-state index contributed by atoms with van der Waals surface area (Å²) in [5.41, 5.74) is 0. The summed E-state index contributed by atoms with van der Waals surface area (Å²) in [4.78, 5) is 24.0. The highest BCUT2D eigenvalue weighted by atomic mass is 35.5. The molecule has 0 aromatic heterocycles. The molecule has 2 rings (SSSR count). The molecule has 0 aliphatic carbocycles. The van der Waals surface area contributed by atoms with Crippen molar-refractivity contribution in [3.05, 3.63) is 29.3 Å². The molecule has 2 N–H and O–H groups in total. The van der Waals surface area contributed by atoms with E-state index in [0.29, 0.717) is 10.8 Å². The van der Waals surface area contributed by atoms with E-state index < -0.39 is 49.2 Å². The van der Waals surface area contributed by atoms with Crippen LogP contribution in [0.5, 0.6) is 5.75 Å². The van der Waals surface area contributed by atoms with Crippen LogP contribution in [0.4, 0.5) is 18.0 Å². The van der Waals surface area contributed by atoms with Gasteiger partial charge in [0.05, 0.1) is 18.4 Å². The van der Waals surface area contributed by atoms with Crippen molar-refractivity contribution >= 4 is 23.6 Å². The van der Waals surface area contributed by atoms with Crippen molar-refractivity contribution < 1.29 is 32.6 Å². The van der Waals surface area contributed by atoms with Gasteiger partial charge in [-0.25, -0.2) is 4.79 Å². The highest BCUT2D eigenvalue weighted by Crippen LogP contribution is 2.37. The van der Waals surface area contributed by atoms with Crippen molar-refractivity contribution in [3.63, 3.8) is 0 Å². The molecule has 1 aliphatic heterocycles. The van der Waals surface area contributed by atoms with Crippen LogP contribution in [0.25, 0.3) is 0 Å². The Bertz CT molecular complexity index is 671. The number of nitrogens with one attached hydrogen (secondary N) is 1. The lowest BCUT2D eigenvalue weighted by Gasteiger charge is -2.20. The summed E-state index contributed by atoms with van der Waals surface area (Å²) >= 11 is 5.84. The van der Waals surface area contributed by atoms with Crippen LogP contribution in [0.3, 0.4) is 0 Å². The average Bonchev–Trinajstić information content (AvgIpc) is 2.98. The second kappa shape index (κ2) is 8.03. The van der Waals surface area contributed by atoms with E-state index in [1.807, 2.05) is 0 Å². The number of benzene rings is 1. The molecule has 10 heteroatoms. The lowest BCUT2D eigenvalue weighted by molar-refractivity contribution is -0.187. The Morgan fingerprint density at radius 2 is 2.12 bits per heavy atom. The predicted molar refractivity (Wildman–Crippen MR) is 87.2 cm³/mol. The minimum absolute atomic E-state index is 0.0380. The fourth-order valence-corrected chi connectivity index (χ4v) is 2.89. The van der Waals surface area contributed by atoms with Crippen LogP contribution in [-0.4, -0.2) is 53.9 Å². The average molecular weight is 395 g/mol. The van der Waals surface area contributed by atoms with Crippen molar-refractivity contribution in [2.24, 2.45) is 11.8 Å². The maximum atomic E-state index is 12.9. The SMILES string of the molecule is CC(CNC(=O)N1C[C@@H](C(F)(F)F)[C@H](C(=O)O)C1)Oc1cccc(Cl)c1. The van der Waals surface area contributed by atoms with Gasteiger partial charge in [0, 0.05) is 18.1 Å². The first kappa shape index (κ1) is 20.2. The Labute approximate surface area is 152 Å². The van der Waals surface area contributed by atoms with E-state index in [0.717, 1.165) is 4.90 Å². The van der Waals surface area contributed by atoms with E-state index in [1.54, 1.807) is 31.2 Å². The van der Waals surface area contributed by atoms with Gasteiger partial charge in [0.1, 0.15) is 11.9 Å². The third-order valence-electron chi connectivity index (χ3n) is 4.02. The first-order valence-electron chi connectivity index (χ1n) is 7.82. The van der Waals surface area contributed by atoms with Gasteiger partial charge in [-0.3, -0.25) is 4.79 Å². The topological polar surface area (TPSA) is 78.9 Å². The number of hydrogen-bond donors (Lipinski definition) is 2. The molecule has 26 heavy (non-hydrogen) atoms. The second-order valence-corrected chi connectivity index (χ2v) is 6.51. The zero-order valence-corrected chi connectivity index (χ0v) is 14.5. The minimum Gasteiger partial charge on any atom is -0.489 e. The summed E-state index contributed by atoms with van der Waals surface area (Å²) in [5, 5.41) is 11.9. The molecule has 2 amide bonds. The van der Waals surface area contributed by atoms with Crippen molar-refractivity contribution in [2.45, 2.75) is 19.2 Å². The van der Waals surface area contributed by atoms with E-state index in [-0.39, 0.29) is 6.54 Å². The zero-order valence-electron chi connectivity index (χ0n) is 13.8. The van der Waals surface area contributed by atoms with Gasteiger partial charge < -0.3 is 20.1 Å². The van der Waals surface area contributed by atoms with Crippen molar-refractivity contribution in [1.82, 2.24) is 10.2 Å². The fraction of sp³-hybridized carbons (Fsp3) is 0.500. The normalized spacial score (nSPS) is 21.3. The Morgan fingerprint density at radius 3 is 2.65 bits per heavy atom. The van der Waals surface area contributed by atoms with Crippen molar-refractivity contribution in [3.8, 4) is 5.75 Å². The Hall–Kier alpha value is -2.16. The van der Waals surface area contributed by atoms with Crippen LogP contribution >= 0.6 is 11.6 Å². The number of urea groups is 1. The van der Waals surface area contributed by atoms with Gasteiger partial charge in [0.2, 0.25) is 0 Å². The number of likely N-dealkylation sites (tertiary alicyclic amines) is 1. The Balaban J connectivity index is 1.88. The Morgan fingerprint density at radius 1 is 1.42 bits per heavy atom. The monoisotopic (exact) mass is 394 g/mol. The van der Waals surface area contributed by atoms with Gasteiger partial charge in [0.15, 0.2) is 0 Å². The number of rotatable bonds is 5. The first-order chi connectivity index (χ1) is 12.1. The van der Waals surface area contributed by atoms with E-state index in [2.05, 4.69) is 5.32 Å². The second-order valence-electron chi connectivity index (χ2n) is 6.07. The highest BCUT2D eigenvalue weighted by molar-refractivity contribution is 6.30. The van der Waals surface area contributed by atoms with Gasteiger partial charge >= 0.3 is 18.2 Å². The fourth-order valence-electron chi connectivity index (χ4n) is 2.71. The summed E-state index contributed by atoms with van der Waals surface area (Å²) in [7, 11) is 0. The standard InChI is InChI=1S/C16H18ClF3N2O4/c1-9(26-11-4-2-3-10(17)5-11)6-21-15(25)22-7-12(14(23)24)13(8-22)16(18,19)20/h2-5,9,12-13H,6-8H2,1H3,(H,21,25)(H,23,24)/t9?,12-,13-/m1/s1. The molecule has 1 fully saturated rings. The first-order valence-corrected chi connectivity index (χ1v) is 8.20. The lowest BCUT2D eigenvalue weighted by atomic mass is 9.96. The minimum atomic E-state index is -4.68. The smallest absolute Gasteiger partial charge is 0.394 e. The molecule has 6 nitrogen and oxygen atoms in total. The molecule has 1 saturated heterocycles. The molecule has 1 aromatic carbocycles. The van der Waals surface area contributed by atoms with Crippen LogP contribution in [0, 0.1) is 11.8 Å². The van der Waals surface area contributed by atoms with E-state index in [4.69, 9.17) is 21.4 Å². The van der Waals surface area contributed by atoms with Gasteiger partial charge in [0.25, 0.3) is 0 Å². The number of amides is 2. The number of hydrogen-bond acceptors (Lipinski definition) is 3. The number of aliphatic carboxylic acids is 1. The molecule has 0 bridgehead atoms. The number of ether oxygens (including phenoxy) is 1. The van der Waals surface area contributed by atoms with Crippen LogP contribution in [0.2, 0.25) is 5.02 Å². The predicted octanol–water partition coefficient (Wildman–Crippen LogP) is 3.01. The Kier molecular flexibility index (Phi) is 6.22. The van der Waals surface area contributed by atoms with Gasteiger partial charge in [-0.05, 0) is 25.1 Å². The van der Waals surface area contributed by atoms with Crippen LogP contribution in [0.1, 0.15) is 6.92 Å². The number of carbonyl (C=O) groups excluding carboxylic acids is 1. The molecule has 144 valence electrons. The van der Waals surface area contributed by atoms with E-state index >= 15 is 0 Å². The zero-order chi connectivity index (χ0) is 19.5. The molecule has 1 unspecified atom stereocenters. The van der Waals surface area contributed by atoms with Crippen LogP contribution in [0.15, 0.2) is 24.3 Å². The lowest BCUT2D eigenvalue weighted by Crippen LogP contribution is -2.43. The third kappa shape index (κ3) is 5.17. The third-order valence-corrected chi connectivity index (χ3v) is 4.25. The van der Waals surface area contributed by atoms with Gasteiger partial charge in [-0.2, -0.15) is 13.2 Å². The maximum absolute atomic E-state index is 12.9. The number of alkyl halides is 3. The molecule has 0 spiro atoms. The van der Waals surface area contributed by atoms with Crippen molar-refractivity contribution in [2.75, 3.05) is 19.6 Å². The van der Waals surface area contributed by atoms with Crippen LogP contribution < -0.4 is 10.1 Å². The molecule has 1 heterocycles. The summed E-state index contributed by atoms with van der Waals surface area (Å²) < 4.78 is 44.4. The molecule has 1 aromatic rings. The molecule has 3 atom stereocenters. The van der Waals surface area contributed by atoms with E-state index in [1.165, 1.54) is 0 Å². The van der Waals surface area contributed by atoms with Crippen LogP contribution in [-0.2, 0) is 4.79 Å². The summed E-state index contributed by atoms with van der Waals surface area (Å²) in [5.74, 6) is -4.82. The number of carbonyl (C=O) groups is 2. The summed E-state index contributed by atoms with van der Waals surface area (Å²) in [6.07, 6.45) is -5.14. The molecule has 1 aliphatic rings. The molecular weight excluding hydrogens is 377 g/mol. The van der Waals surface area contributed by atoms with Gasteiger partial charge in [-0.15, -0.1) is 0 Å². The number of carboxylic acids is 1. The largest absolute Gasteiger partial charge is 0.489 e. The molecular formula is C16H18ClF3N2O4. The van der Waals surface area contributed by atoms with Gasteiger partial charge in [-0.1, -0.05) is 17.7 Å². The van der Waals surface area contributed by atoms with Crippen molar-refractivity contribution in [1.29, 1.82) is 0 Å². The number of nitrogens with zero attached hydrogens (tertiary/aromatic N) is 1. The molecule has 0 radical (unpaired) electrons. The van der Waals surface area contributed by atoms with E-state index in [9.17, 15) is 22.8 Å². The quantitative estimate of drug-likeness (QED) is 0.804. The number of carboxylic acid groups (broad SMARTS) is 1. The maximum Gasteiger partial charge on any atom is 0.394 e. The summed E-state index contributed by atoms with van der Waals surface area (Å²) in [6.45, 7) is 0.532.